The van der Waals surface area contributed by atoms with E-state index in [2.05, 4.69) is 15.3 Å². The number of H-pyrrole nitrogens is 1. The van der Waals surface area contributed by atoms with Crippen LogP contribution in [0.15, 0.2) is 18.2 Å². The molecule has 3 N–H and O–H groups in total. The Morgan fingerprint density at radius 1 is 1.39 bits per heavy atom. The molecular formula is C13H15N3O2. The monoisotopic (exact) mass is 245 g/mol. The second kappa shape index (κ2) is 4.42. The van der Waals surface area contributed by atoms with Crippen molar-refractivity contribution in [3.63, 3.8) is 0 Å². The number of imidazole rings is 1. The second-order valence-corrected chi connectivity index (χ2v) is 4.63. The minimum Gasteiger partial charge on any atom is -0.478 e. The van der Waals surface area contributed by atoms with E-state index in [1.807, 2.05) is 6.07 Å². The minimum absolute atomic E-state index is 0.216. The first-order chi connectivity index (χ1) is 8.75. The van der Waals surface area contributed by atoms with Crippen LogP contribution in [-0.4, -0.2) is 27.6 Å². The van der Waals surface area contributed by atoms with Crippen molar-refractivity contribution >= 4 is 17.0 Å². The van der Waals surface area contributed by atoms with Crippen LogP contribution in [0.2, 0.25) is 0 Å². The second-order valence-electron chi connectivity index (χ2n) is 4.63. The van der Waals surface area contributed by atoms with Gasteiger partial charge in [0.25, 0.3) is 0 Å². The summed E-state index contributed by atoms with van der Waals surface area (Å²) in [6.07, 6.45) is 3.42. The molecule has 3 rings (SSSR count). The lowest BCUT2D eigenvalue weighted by Gasteiger charge is -2.21. The number of nitrogens with zero attached hydrogens (tertiary/aromatic N) is 1. The molecule has 0 bridgehead atoms. The first-order valence-corrected chi connectivity index (χ1v) is 6.21. The number of aromatic amines is 1. The largest absolute Gasteiger partial charge is 0.478 e. The van der Waals surface area contributed by atoms with Gasteiger partial charge in [-0.1, -0.05) is 12.5 Å². The summed E-state index contributed by atoms with van der Waals surface area (Å²) in [7, 11) is 0. The van der Waals surface area contributed by atoms with Gasteiger partial charge in [0.2, 0.25) is 0 Å². The molecule has 1 aliphatic heterocycles. The van der Waals surface area contributed by atoms with Gasteiger partial charge in [0, 0.05) is 0 Å². The summed E-state index contributed by atoms with van der Waals surface area (Å²) in [5, 5.41) is 12.5. The molecule has 0 saturated carbocycles. The fourth-order valence-electron chi connectivity index (χ4n) is 2.47. The van der Waals surface area contributed by atoms with E-state index in [1.165, 1.54) is 12.8 Å². The molecule has 1 aromatic carbocycles. The van der Waals surface area contributed by atoms with Gasteiger partial charge in [-0.05, 0) is 31.5 Å². The number of hydrogen-bond donors (Lipinski definition) is 3. The van der Waals surface area contributed by atoms with Crippen molar-refractivity contribution in [1.29, 1.82) is 0 Å². The van der Waals surface area contributed by atoms with E-state index in [9.17, 15) is 4.79 Å². The Morgan fingerprint density at radius 3 is 3.00 bits per heavy atom. The van der Waals surface area contributed by atoms with Crippen LogP contribution in [0, 0.1) is 0 Å². The number of piperidine rings is 1. The number of para-hydroxylation sites is 1. The molecule has 0 amide bonds. The molecule has 0 spiro atoms. The minimum atomic E-state index is -0.935. The zero-order valence-electron chi connectivity index (χ0n) is 9.94. The van der Waals surface area contributed by atoms with Crippen LogP contribution < -0.4 is 5.32 Å². The number of carboxylic acids is 1. The van der Waals surface area contributed by atoms with Crippen molar-refractivity contribution in [3.8, 4) is 0 Å². The van der Waals surface area contributed by atoms with Gasteiger partial charge >= 0.3 is 5.97 Å². The number of aromatic nitrogens is 2. The van der Waals surface area contributed by atoms with Crippen molar-refractivity contribution < 1.29 is 9.90 Å². The van der Waals surface area contributed by atoms with Gasteiger partial charge in [0.05, 0.1) is 17.1 Å². The van der Waals surface area contributed by atoms with Crippen molar-refractivity contribution in [2.75, 3.05) is 6.54 Å². The van der Waals surface area contributed by atoms with Gasteiger partial charge in [-0.2, -0.15) is 0 Å². The summed E-state index contributed by atoms with van der Waals surface area (Å²) in [5.74, 6) is -0.0892. The number of aromatic carboxylic acids is 1. The van der Waals surface area contributed by atoms with Gasteiger partial charge in [0.15, 0.2) is 0 Å². The van der Waals surface area contributed by atoms with Gasteiger partial charge in [0.1, 0.15) is 11.3 Å². The fourth-order valence-corrected chi connectivity index (χ4v) is 2.47. The number of carbonyl (C=O) groups is 1. The molecule has 1 unspecified atom stereocenters. The maximum absolute atomic E-state index is 11.1. The number of rotatable bonds is 2. The van der Waals surface area contributed by atoms with Crippen LogP contribution in [0.1, 0.15) is 41.5 Å². The van der Waals surface area contributed by atoms with Crippen LogP contribution in [0.4, 0.5) is 0 Å². The van der Waals surface area contributed by atoms with E-state index in [0.717, 1.165) is 24.3 Å². The normalized spacial score (nSPS) is 20.1. The molecule has 2 aromatic rings. The number of hydrogen-bond acceptors (Lipinski definition) is 3. The third-order valence-electron chi connectivity index (χ3n) is 3.40. The van der Waals surface area contributed by atoms with Crippen LogP contribution >= 0.6 is 0 Å². The molecule has 5 heteroatoms. The van der Waals surface area contributed by atoms with Crippen molar-refractivity contribution in [1.82, 2.24) is 15.3 Å². The third-order valence-corrected chi connectivity index (χ3v) is 3.40. The molecule has 1 atom stereocenters. The lowest BCUT2D eigenvalue weighted by Crippen LogP contribution is -2.27. The van der Waals surface area contributed by atoms with Crippen molar-refractivity contribution in [2.24, 2.45) is 0 Å². The fraction of sp³-hybridized carbons (Fsp3) is 0.385. The molecule has 1 aliphatic rings. The Balaban J connectivity index is 2.04. The molecule has 2 heterocycles. The molecule has 94 valence electrons. The highest BCUT2D eigenvalue weighted by Crippen LogP contribution is 2.24. The molecule has 5 nitrogen and oxygen atoms in total. The quantitative estimate of drug-likeness (QED) is 0.757. The molecular weight excluding hydrogens is 230 g/mol. The maximum Gasteiger partial charge on any atom is 0.337 e. The van der Waals surface area contributed by atoms with E-state index >= 15 is 0 Å². The Hall–Kier alpha value is -1.88. The first-order valence-electron chi connectivity index (χ1n) is 6.21. The third kappa shape index (κ3) is 1.86. The zero-order chi connectivity index (χ0) is 12.5. The molecule has 1 fully saturated rings. The summed E-state index contributed by atoms with van der Waals surface area (Å²) in [6, 6.07) is 5.40. The average molecular weight is 245 g/mol. The highest BCUT2D eigenvalue weighted by atomic mass is 16.4. The number of nitrogens with one attached hydrogen (secondary N) is 2. The highest BCUT2D eigenvalue weighted by molar-refractivity contribution is 6.00. The molecule has 1 saturated heterocycles. The topological polar surface area (TPSA) is 78.0 Å². The first kappa shape index (κ1) is 11.2. The Morgan fingerprint density at radius 2 is 2.28 bits per heavy atom. The summed E-state index contributed by atoms with van der Waals surface area (Å²) in [6.45, 7) is 0.994. The number of benzene rings is 1. The average Bonchev–Trinajstić information content (AvgIpc) is 2.83. The van der Waals surface area contributed by atoms with E-state index in [1.54, 1.807) is 12.1 Å². The summed E-state index contributed by atoms with van der Waals surface area (Å²) >= 11 is 0. The molecule has 18 heavy (non-hydrogen) atoms. The predicted octanol–water partition coefficient (Wildman–Crippen LogP) is 2.08. The number of carboxylic acid groups (broad SMARTS) is 1. The van der Waals surface area contributed by atoms with Gasteiger partial charge in [-0.3, -0.25) is 0 Å². The van der Waals surface area contributed by atoms with E-state index < -0.39 is 5.97 Å². The molecule has 0 radical (unpaired) electrons. The zero-order valence-corrected chi connectivity index (χ0v) is 9.94. The van der Waals surface area contributed by atoms with Crippen LogP contribution in [0.25, 0.3) is 11.0 Å². The van der Waals surface area contributed by atoms with Crippen molar-refractivity contribution in [2.45, 2.75) is 25.3 Å². The van der Waals surface area contributed by atoms with E-state index in [0.29, 0.717) is 5.52 Å². The van der Waals surface area contributed by atoms with Gasteiger partial charge < -0.3 is 15.4 Å². The van der Waals surface area contributed by atoms with E-state index in [4.69, 9.17) is 5.11 Å². The summed E-state index contributed by atoms with van der Waals surface area (Å²) in [5.41, 5.74) is 1.59. The maximum atomic E-state index is 11.1. The lowest BCUT2D eigenvalue weighted by atomic mass is 10.0. The molecule has 1 aromatic heterocycles. The summed E-state index contributed by atoms with van der Waals surface area (Å²) < 4.78 is 0. The summed E-state index contributed by atoms with van der Waals surface area (Å²) in [4.78, 5) is 18.8. The highest BCUT2D eigenvalue weighted by Gasteiger charge is 2.20. The standard InChI is InChI=1S/C13H15N3O2/c17-13(18)8-4-3-6-9-11(8)16-12(15-9)10-5-1-2-7-14-10/h3-4,6,10,14H,1-2,5,7H2,(H,15,16)(H,17,18). The van der Waals surface area contributed by atoms with Gasteiger partial charge in [-0.15, -0.1) is 0 Å². The van der Waals surface area contributed by atoms with Crippen LogP contribution in [0.5, 0.6) is 0 Å². The predicted molar refractivity (Wildman–Crippen MR) is 67.6 cm³/mol. The van der Waals surface area contributed by atoms with Gasteiger partial charge in [-0.25, -0.2) is 9.78 Å². The Labute approximate surface area is 104 Å². The Bertz CT molecular complexity index is 585. The SMILES string of the molecule is O=C(O)c1cccc2[nH]c(C3CCCCN3)nc12. The smallest absolute Gasteiger partial charge is 0.337 e. The Kier molecular flexibility index (Phi) is 2.76. The van der Waals surface area contributed by atoms with Crippen LogP contribution in [0.3, 0.4) is 0 Å². The van der Waals surface area contributed by atoms with Crippen molar-refractivity contribution in [3.05, 3.63) is 29.6 Å². The van der Waals surface area contributed by atoms with Crippen LogP contribution in [-0.2, 0) is 0 Å². The lowest BCUT2D eigenvalue weighted by molar-refractivity contribution is 0.0699. The molecule has 0 aliphatic carbocycles. The number of fused-ring (bicyclic) bond motifs is 1. The van der Waals surface area contributed by atoms with E-state index in [-0.39, 0.29) is 11.6 Å².